The van der Waals surface area contributed by atoms with Gasteiger partial charge >= 0.3 is 0 Å². The van der Waals surface area contributed by atoms with E-state index in [2.05, 4.69) is 15.8 Å². The summed E-state index contributed by atoms with van der Waals surface area (Å²) >= 11 is 8.09. The van der Waals surface area contributed by atoms with Crippen molar-refractivity contribution in [3.05, 3.63) is 52.7 Å². The minimum absolute atomic E-state index is 0.200. The van der Waals surface area contributed by atoms with Crippen LogP contribution in [0.1, 0.15) is 11.8 Å². The molecule has 0 spiro atoms. The zero-order chi connectivity index (χ0) is 20.1. The Morgan fingerprint density at radius 3 is 2.82 bits per heavy atom. The highest BCUT2D eigenvalue weighted by molar-refractivity contribution is 7.98. The summed E-state index contributed by atoms with van der Waals surface area (Å²) in [4.78, 5) is 10.6. The van der Waals surface area contributed by atoms with Crippen LogP contribution < -0.4 is 5.73 Å². The van der Waals surface area contributed by atoms with Gasteiger partial charge in [0.1, 0.15) is 11.8 Å². The molecule has 2 aromatic heterocycles. The second-order valence-corrected chi connectivity index (χ2v) is 10.7. The van der Waals surface area contributed by atoms with Gasteiger partial charge in [-0.3, -0.25) is 4.31 Å². The van der Waals surface area contributed by atoms with E-state index in [4.69, 9.17) is 21.8 Å². The van der Waals surface area contributed by atoms with E-state index in [1.807, 2.05) is 37.3 Å². The Hall–Kier alpha value is -2.29. The highest BCUT2D eigenvalue weighted by Gasteiger charge is 2.39. The lowest BCUT2D eigenvalue weighted by Gasteiger charge is -2.36. The summed E-state index contributed by atoms with van der Waals surface area (Å²) < 4.78 is 19.7. The maximum absolute atomic E-state index is 12.9. The SMILES string of the molecule is C=S1(=O)C[C@@](C)(c2sc(-c3cccc(-c4ncco4)c3)cc2Cl)N=C(N)N1C. The summed E-state index contributed by atoms with van der Waals surface area (Å²) in [5.41, 5.74) is 7.07. The zero-order valence-electron chi connectivity index (χ0n) is 15.4. The van der Waals surface area contributed by atoms with Crippen molar-refractivity contribution in [2.75, 3.05) is 12.8 Å². The maximum atomic E-state index is 12.9. The van der Waals surface area contributed by atoms with Crippen LogP contribution in [-0.4, -0.2) is 38.1 Å². The molecule has 0 bridgehead atoms. The van der Waals surface area contributed by atoms with E-state index in [-0.39, 0.29) is 11.7 Å². The first kappa shape index (κ1) is 19.0. The minimum Gasteiger partial charge on any atom is -0.445 e. The van der Waals surface area contributed by atoms with Crippen LogP contribution in [0.25, 0.3) is 21.9 Å². The Morgan fingerprint density at radius 1 is 1.39 bits per heavy atom. The summed E-state index contributed by atoms with van der Waals surface area (Å²) in [6.07, 6.45) is 3.16. The van der Waals surface area contributed by atoms with Crippen molar-refractivity contribution in [2.24, 2.45) is 10.7 Å². The molecule has 3 heterocycles. The highest BCUT2D eigenvalue weighted by atomic mass is 35.5. The number of oxazole rings is 1. The van der Waals surface area contributed by atoms with Crippen LogP contribution >= 0.6 is 22.9 Å². The monoisotopic (exact) mass is 434 g/mol. The van der Waals surface area contributed by atoms with Gasteiger partial charge in [0.15, 0.2) is 0 Å². The van der Waals surface area contributed by atoms with E-state index in [0.29, 0.717) is 10.9 Å². The summed E-state index contributed by atoms with van der Waals surface area (Å²) in [5, 5.41) is 0.570. The number of guanidine groups is 1. The zero-order valence-corrected chi connectivity index (χ0v) is 17.8. The first-order valence-corrected chi connectivity index (χ1v) is 11.5. The molecular weight excluding hydrogens is 416 g/mol. The van der Waals surface area contributed by atoms with Crippen LogP contribution in [0.5, 0.6) is 0 Å². The standard InChI is InChI=1S/C19H19ClN4O2S2/c1-19(11-28(3,25)24(2)18(21)23-19)16-14(20)10-15(27-16)12-5-4-6-13(9-12)17-22-7-8-26-17/h4-10H,3,11H2,1-2H3,(H2,21,23)/t19-,28?/m0/s1. The molecule has 1 unspecified atom stereocenters. The fraction of sp³-hybridized carbons (Fsp3) is 0.211. The number of halogens is 1. The van der Waals surface area contributed by atoms with Crippen LogP contribution in [0, 0.1) is 0 Å². The van der Waals surface area contributed by atoms with Crippen molar-refractivity contribution in [1.29, 1.82) is 0 Å². The maximum Gasteiger partial charge on any atom is 0.225 e. The van der Waals surface area contributed by atoms with Crippen molar-refractivity contribution in [2.45, 2.75) is 12.5 Å². The molecule has 0 saturated heterocycles. The van der Waals surface area contributed by atoms with Gasteiger partial charge in [0.05, 0.1) is 31.6 Å². The van der Waals surface area contributed by atoms with Gasteiger partial charge in [0.2, 0.25) is 11.9 Å². The molecule has 1 aromatic carbocycles. The highest BCUT2D eigenvalue weighted by Crippen LogP contribution is 2.44. The molecule has 0 amide bonds. The topological polar surface area (TPSA) is 84.7 Å². The van der Waals surface area contributed by atoms with E-state index in [1.165, 1.54) is 15.6 Å². The molecule has 4 rings (SSSR count). The molecule has 0 saturated carbocycles. The number of hydrogen-bond acceptors (Lipinski definition) is 6. The lowest BCUT2D eigenvalue weighted by Crippen LogP contribution is -2.50. The smallest absolute Gasteiger partial charge is 0.225 e. The van der Waals surface area contributed by atoms with E-state index >= 15 is 0 Å². The third-order valence-corrected chi connectivity index (χ3v) is 8.74. The van der Waals surface area contributed by atoms with Gasteiger partial charge in [-0.25, -0.2) is 14.2 Å². The fourth-order valence-electron chi connectivity index (χ4n) is 3.23. The van der Waals surface area contributed by atoms with Crippen LogP contribution in [-0.2, 0) is 15.2 Å². The lowest BCUT2D eigenvalue weighted by molar-refractivity contribution is 0.522. The van der Waals surface area contributed by atoms with Gasteiger partial charge in [-0.2, -0.15) is 0 Å². The number of benzene rings is 1. The van der Waals surface area contributed by atoms with Crippen molar-refractivity contribution < 1.29 is 8.63 Å². The number of hydrogen-bond donors (Lipinski definition) is 1. The molecule has 0 aliphatic carbocycles. The van der Waals surface area contributed by atoms with Crippen LogP contribution in [0.4, 0.5) is 0 Å². The summed E-state index contributed by atoms with van der Waals surface area (Å²) in [6.45, 7) is 1.89. The molecule has 2 atom stereocenters. The number of aromatic nitrogens is 1. The largest absolute Gasteiger partial charge is 0.445 e. The summed E-state index contributed by atoms with van der Waals surface area (Å²) in [5.74, 6) is 4.85. The number of thiophene rings is 1. The average Bonchev–Trinajstić information content (AvgIpc) is 3.29. The Labute approximate surface area is 172 Å². The van der Waals surface area contributed by atoms with Gasteiger partial charge in [0, 0.05) is 17.5 Å². The molecule has 28 heavy (non-hydrogen) atoms. The number of aliphatic imine (C=N–C) groups is 1. The molecule has 146 valence electrons. The van der Waals surface area contributed by atoms with E-state index in [1.54, 1.807) is 19.5 Å². The van der Waals surface area contributed by atoms with Crippen LogP contribution in [0.15, 0.2) is 52.2 Å². The predicted molar refractivity (Wildman–Crippen MR) is 117 cm³/mol. The van der Waals surface area contributed by atoms with Gasteiger partial charge < -0.3 is 10.2 Å². The molecular formula is C19H19ClN4O2S2. The Bertz CT molecular complexity index is 1170. The van der Waals surface area contributed by atoms with Gasteiger partial charge in [-0.15, -0.1) is 11.3 Å². The Kier molecular flexibility index (Phi) is 4.52. The number of nitrogens with zero attached hydrogens (tertiary/aromatic N) is 3. The Balaban J connectivity index is 1.77. The molecule has 9 heteroatoms. The quantitative estimate of drug-likeness (QED) is 0.635. The summed E-state index contributed by atoms with van der Waals surface area (Å²) in [7, 11) is -0.928. The first-order chi connectivity index (χ1) is 13.2. The van der Waals surface area contributed by atoms with Crippen LogP contribution in [0.3, 0.4) is 0 Å². The second kappa shape index (κ2) is 6.65. The molecule has 0 fully saturated rings. The minimum atomic E-state index is -2.57. The van der Waals surface area contributed by atoms with Crippen LogP contribution in [0.2, 0.25) is 5.02 Å². The molecule has 2 N–H and O–H groups in total. The van der Waals surface area contributed by atoms with E-state index in [9.17, 15) is 4.21 Å². The second-order valence-electron chi connectivity index (χ2n) is 6.86. The summed E-state index contributed by atoms with van der Waals surface area (Å²) in [6, 6.07) is 9.77. The third-order valence-electron chi connectivity index (χ3n) is 4.69. The van der Waals surface area contributed by atoms with Gasteiger partial charge in [-0.05, 0) is 36.6 Å². The van der Waals surface area contributed by atoms with Gasteiger partial charge in [0.25, 0.3) is 0 Å². The first-order valence-electron chi connectivity index (χ1n) is 8.44. The lowest BCUT2D eigenvalue weighted by atomic mass is 10.0. The molecule has 1 aliphatic heterocycles. The van der Waals surface area contributed by atoms with E-state index < -0.39 is 15.2 Å². The average molecular weight is 435 g/mol. The third kappa shape index (κ3) is 3.21. The molecule has 3 aromatic rings. The van der Waals surface area contributed by atoms with E-state index in [0.717, 1.165) is 20.9 Å². The van der Waals surface area contributed by atoms with Gasteiger partial charge in [-0.1, -0.05) is 23.7 Å². The number of nitrogens with two attached hydrogens (primary N) is 1. The van der Waals surface area contributed by atoms with Crippen molar-refractivity contribution in [3.63, 3.8) is 0 Å². The van der Waals surface area contributed by atoms with Crippen molar-refractivity contribution in [1.82, 2.24) is 9.29 Å². The molecule has 6 nitrogen and oxygen atoms in total. The normalized spacial score (nSPS) is 25.0. The van der Waals surface area contributed by atoms with Crippen molar-refractivity contribution >= 4 is 44.5 Å². The Morgan fingerprint density at radius 2 is 2.14 bits per heavy atom. The predicted octanol–water partition coefficient (Wildman–Crippen LogP) is 3.83. The molecule has 0 radical (unpaired) electrons. The number of rotatable bonds is 3. The van der Waals surface area contributed by atoms with Crippen molar-refractivity contribution in [3.8, 4) is 21.9 Å². The molecule has 1 aliphatic rings. The fourth-order valence-corrected chi connectivity index (χ4v) is 6.61.